The second-order valence-electron chi connectivity index (χ2n) is 8.54. The number of phenolic OH excluding ortho intramolecular Hbond substituents is 1. The summed E-state index contributed by atoms with van der Waals surface area (Å²) in [6.07, 6.45) is 3.86. The average molecular weight is 441 g/mol. The predicted molar refractivity (Wildman–Crippen MR) is 124 cm³/mol. The van der Waals surface area contributed by atoms with Crippen LogP contribution in [0.5, 0.6) is 11.5 Å². The topological polar surface area (TPSA) is 110 Å². The highest BCUT2D eigenvalue weighted by Crippen LogP contribution is 2.43. The van der Waals surface area contributed by atoms with Gasteiger partial charge in [0.25, 0.3) is 0 Å². The Morgan fingerprint density at radius 1 is 1.34 bits per heavy atom. The van der Waals surface area contributed by atoms with E-state index < -0.39 is 6.09 Å². The number of ether oxygens (including phenoxy) is 2. The maximum atomic E-state index is 12.5. The fourth-order valence-electron chi connectivity index (χ4n) is 4.20. The van der Waals surface area contributed by atoms with Crippen molar-refractivity contribution in [3.05, 3.63) is 29.8 Å². The van der Waals surface area contributed by atoms with Gasteiger partial charge in [0, 0.05) is 13.6 Å². The highest BCUT2D eigenvalue weighted by molar-refractivity contribution is 5.93. The van der Waals surface area contributed by atoms with Crippen LogP contribution in [0.15, 0.2) is 24.3 Å². The molecule has 1 aliphatic heterocycles. The molecule has 1 saturated heterocycles. The van der Waals surface area contributed by atoms with E-state index in [-0.39, 0.29) is 24.1 Å². The van der Waals surface area contributed by atoms with Gasteiger partial charge in [-0.3, -0.25) is 4.90 Å². The second-order valence-corrected chi connectivity index (χ2v) is 8.54. The van der Waals surface area contributed by atoms with Gasteiger partial charge in [0.2, 0.25) is 0 Å². The summed E-state index contributed by atoms with van der Waals surface area (Å²) in [5.74, 6) is 1.62. The highest BCUT2D eigenvalue weighted by atomic mass is 16.6. The maximum Gasteiger partial charge on any atom is 0.414 e. The molecular weight excluding hydrogens is 408 g/mol. The number of anilines is 2. The van der Waals surface area contributed by atoms with E-state index in [0.717, 1.165) is 31.5 Å². The van der Waals surface area contributed by atoms with Crippen molar-refractivity contribution >= 4 is 17.6 Å². The number of nitrogen functional groups attached to an aromatic ring is 1. The number of piperidine rings is 1. The zero-order chi connectivity index (χ0) is 22.7. The lowest BCUT2D eigenvalue weighted by molar-refractivity contribution is 0.161. The standard InChI is InChI=1S/C24H32N4O4/c1-3-31-24(30)28(2)22-17(16-6-5-11-26-13-16)12-18(27-23(22)25)21-19(29)7-4-8-20(21)32-14-15-9-10-15/h4,7-8,12,15-16,26,29H,3,5-6,9-11,13-14H2,1-2H3,(H2,25,27). The van der Waals surface area contributed by atoms with Gasteiger partial charge in [-0.05, 0) is 74.8 Å². The number of hydrogen-bond acceptors (Lipinski definition) is 7. The first kappa shape index (κ1) is 22.2. The van der Waals surface area contributed by atoms with Crippen molar-refractivity contribution in [1.82, 2.24) is 10.3 Å². The number of nitrogens with two attached hydrogens (primary N) is 1. The third kappa shape index (κ3) is 4.75. The molecule has 2 fully saturated rings. The van der Waals surface area contributed by atoms with Crippen molar-refractivity contribution in [1.29, 1.82) is 0 Å². The number of pyridine rings is 1. The van der Waals surface area contributed by atoms with Gasteiger partial charge in [0.05, 0.1) is 30.2 Å². The van der Waals surface area contributed by atoms with Gasteiger partial charge in [-0.25, -0.2) is 9.78 Å². The minimum Gasteiger partial charge on any atom is -0.507 e. The molecule has 172 valence electrons. The molecule has 2 aromatic rings. The number of nitrogens with zero attached hydrogens (tertiary/aromatic N) is 2. The Labute approximate surface area is 188 Å². The molecule has 0 bridgehead atoms. The zero-order valence-electron chi connectivity index (χ0n) is 18.8. The summed E-state index contributed by atoms with van der Waals surface area (Å²) in [5.41, 5.74) is 8.95. The molecule has 0 radical (unpaired) electrons. The van der Waals surface area contributed by atoms with Crippen LogP contribution >= 0.6 is 0 Å². The first-order valence-corrected chi connectivity index (χ1v) is 11.4. The Hall–Kier alpha value is -3.00. The van der Waals surface area contributed by atoms with Crippen LogP contribution in [-0.2, 0) is 4.74 Å². The van der Waals surface area contributed by atoms with E-state index in [1.165, 1.54) is 17.7 Å². The summed E-state index contributed by atoms with van der Waals surface area (Å²) in [5, 5.41) is 14.1. The number of rotatable bonds is 7. The Bertz CT molecular complexity index is 971. The van der Waals surface area contributed by atoms with Gasteiger partial charge in [-0.1, -0.05) is 6.07 Å². The Kier molecular flexibility index (Phi) is 6.69. The van der Waals surface area contributed by atoms with Gasteiger partial charge >= 0.3 is 6.09 Å². The average Bonchev–Trinajstić information content (AvgIpc) is 3.62. The fraction of sp³-hybridized carbons (Fsp3) is 0.500. The number of benzene rings is 1. The van der Waals surface area contributed by atoms with E-state index in [2.05, 4.69) is 10.3 Å². The van der Waals surface area contributed by atoms with E-state index in [4.69, 9.17) is 15.2 Å². The molecule has 1 saturated carbocycles. The van der Waals surface area contributed by atoms with Crippen LogP contribution in [0.3, 0.4) is 0 Å². The molecular formula is C24H32N4O4. The summed E-state index contributed by atoms with van der Waals surface area (Å²) in [6.45, 7) is 4.40. The lowest BCUT2D eigenvalue weighted by Gasteiger charge is -2.29. The predicted octanol–water partition coefficient (Wildman–Crippen LogP) is 3.88. The second kappa shape index (κ2) is 9.65. The molecule has 1 aliphatic carbocycles. The lowest BCUT2D eigenvalue weighted by atomic mass is 9.89. The molecule has 1 aromatic carbocycles. The number of phenols is 1. The van der Waals surface area contributed by atoms with Gasteiger partial charge in [0.15, 0.2) is 0 Å². The number of nitrogens with one attached hydrogen (secondary N) is 1. The van der Waals surface area contributed by atoms with Crippen LogP contribution in [0, 0.1) is 5.92 Å². The first-order valence-electron chi connectivity index (χ1n) is 11.4. The largest absolute Gasteiger partial charge is 0.507 e. The summed E-state index contributed by atoms with van der Waals surface area (Å²) >= 11 is 0. The lowest BCUT2D eigenvalue weighted by Crippen LogP contribution is -2.33. The van der Waals surface area contributed by atoms with Crippen molar-refractivity contribution in [3.8, 4) is 22.8 Å². The number of carbonyl (C=O) groups excluding carboxylic acids is 1. The normalized spacial score (nSPS) is 18.2. The van der Waals surface area contributed by atoms with Gasteiger partial charge in [-0.15, -0.1) is 0 Å². The molecule has 1 unspecified atom stereocenters. The maximum absolute atomic E-state index is 12.5. The van der Waals surface area contributed by atoms with E-state index in [1.54, 1.807) is 26.1 Å². The molecule has 1 amide bonds. The van der Waals surface area contributed by atoms with Gasteiger partial charge < -0.3 is 25.6 Å². The first-order chi connectivity index (χ1) is 15.5. The molecule has 4 rings (SSSR count). The van der Waals surface area contributed by atoms with Crippen LogP contribution in [0.4, 0.5) is 16.3 Å². The molecule has 8 heteroatoms. The third-order valence-corrected chi connectivity index (χ3v) is 6.09. The van der Waals surface area contributed by atoms with Crippen molar-refractivity contribution in [3.63, 3.8) is 0 Å². The molecule has 0 spiro atoms. The molecule has 8 nitrogen and oxygen atoms in total. The molecule has 2 heterocycles. The number of carbonyl (C=O) groups is 1. The summed E-state index contributed by atoms with van der Waals surface area (Å²) in [4.78, 5) is 18.5. The van der Waals surface area contributed by atoms with Crippen LogP contribution in [-0.4, -0.2) is 49.5 Å². The molecule has 1 aromatic heterocycles. The molecule has 4 N–H and O–H groups in total. The summed E-state index contributed by atoms with van der Waals surface area (Å²) in [6, 6.07) is 7.16. The Morgan fingerprint density at radius 2 is 2.16 bits per heavy atom. The zero-order valence-corrected chi connectivity index (χ0v) is 18.8. The van der Waals surface area contributed by atoms with E-state index in [0.29, 0.717) is 35.2 Å². The Balaban J connectivity index is 1.79. The van der Waals surface area contributed by atoms with Crippen LogP contribution in [0.25, 0.3) is 11.3 Å². The molecule has 32 heavy (non-hydrogen) atoms. The van der Waals surface area contributed by atoms with E-state index in [9.17, 15) is 9.90 Å². The quantitative estimate of drug-likeness (QED) is 0.599. The molecule has 2 aliphatic rings. The number of aromatic hydroxyl groups is 1. The van der Waals surface area contributed by atoms with Gasteiger partial charge in [-0.2, -0.15) is 0 Å². The number of aromatic nitrogens is 1. The van der Waals surface area contributed by atoms with Crippen molar-refractivity contribution in [2.75, 3.05) is 44.0 Å². The minimum absolute atomic E-state index is 0.0874. The van der Waals surface area contributed by atoms with E-state index in [1.807, 2.05) is 12.1 Å². The summed E-state index contributed by atoms with van der Waals surface area (Å²) < 4.78 is 11.2. The SMILES string of the molecule is CCOC(=O)N(C)c1c(C2CCCNC2)cc(-c2c(O)cccc2OCC2CC2)nc1N. The van der Waals surface area contributed by atoms with Crippen LogP contribution in [0.2, 0.25) is 0 Å². The third-order valence-electron chi connectivity index (χ3n) is 6.09. The molecule has 1 atom stereocenters. The minimum atomic E-state index is -0.477. The van der Waals surface area contributed by atoms with E-state index >= 15 is 0 Å². The number of hydrogen-bond donors (Lipinski definition) is 3. The highest BCUT2D eigenvalue weighted by Gasteiger charge is 2.28. The monoisotopic (exact) mass is 440 g/mol. The van der Waals surface area contributed by atoms with Crippen molar-refractivity contribution in [2.24, 2.45) is 5.92 Å². The fourth-order valence-corrected chi connectivity index (χ4v) is 4.20. The summed E-state index contributed by atoms with van der Waals surface area (Å²) in [7, 11) is 1.65. The van der Waals surface area contributed by atoms with Crippen LogP contribution in [0.1, 0.15) is 44.1 Å². The van der Waals surface area contributed by atoms with Gasteiger partial charge in [0.1, 0.15) is 17.3 Å². The Morgan fingerprint density at radius 3 is 2.84 bits per heavy atom. The van der Waals surface area contributed by atoms with Crippen molar-refractivity contribution < 1.29 is 19.4 Å². The van der Waals surface area contributed by atoms with Crippen LogP contribution < -0.4 is 20.7 Å². The number of amides is 1. The van der Waals surface area contributed by atoms with Crippen molar-refractivity contribution in [2.45, 2.75) is 38.5 Å². The smallest absolute Gasteiger partial charge is 0.414 e.